The fourth-order valence-corrected chi connectivity index (χ4v) is 4.29. The van der Waals surface area contributed by atoms with Gasteiger partial charge < -0.3 is 9.47 Å². The van der Waals surface area contributed by atoms with Gasteiger partial charge in [-0.15, -0.1) is 0 Å². The summed E-state index contributed by atoms with van der Waals surface area (Å²) in [5.74, 6) is 0.320. The highest BCUT2D eigenvalue weighted by Gasteiger charge is 2.22. The van der Waals surface area contributed by atoms with Crippen LogP contribution in [0.4, 0.5) is 14.9 Å². The number of carbonyl (C=O) groups excluding carboxylic acids is 1. The van der Waals surface area contributed by atoms with Gasteiger partial charge in [-0.3, -0.25) is 5.32 Å². The van der Waals surface area contributed by atoms with Crippen molar-refractivity contribution in [2.45, 2.75) is 18.5 Å². The molecule has 0 aliphatic heterocycles. The molecule has 0 fully saturated rings. The number of alkyl halides is 3. The molecule has 0 saturated carbocycles. The van der Waals surface area contributed by atoms with Crippen molar-refractivity contribution in [1.82, 2.24) is 0 Å². The molecule has 12 heteroatoms. The lowest BCUT2D eigenvalue weighted by Crippen LogP contribution is -2.21. The molecule has 6 nitrogen and oxygen atoms in total. The van der Waals surface area contributed by atoms with Gasteiger partial charge in [-0.1, -0.05) is 46.6 Å². The van der Waals surface area contributed by atoms with Crippen molar-refractivity contribution in [1.29, 1.82) is 0 Å². The van der Waals surface area contributed by atoms with Gasteiger partial charge >= 0.3 is 6.09 Å². The molecule has 0 heterocycles. The van der Waals surface area contributed by atoms with Crippen LogP contribution in [0.2, 0.25) is 0 Å². The van der Waals surface area contributed by atoms with E-state index in [-0.39, 0.29) is 4.90 Å². The van der Waals surface area contributed by atoms with Gasteiger partial charge in [-0.25, -0.2) is 17.6 Å². The molecule has 1 amide bonds. The zero-order valence-corrected chi connectivity index (χ0v) is 21.3. The van der Waals surface area contributed by atoms with E-state index in [9.17, 15) is 17.6 Å². The second kappa shape index (κ2) is 11.0. The molecule has 0 spiro atoms. The molecule has 3 aromatic carbocycles. The minimum Gasteiger partial charge on any atom is -0.457 e. The molecule has 0 atom stereocenters. The van der Waals surface area contributed by atoms with Crippen LogP contribution in [0, 0.1) is 5.82 Å². The smallest absolute Gasteiger partial charge is 0.411 e. The number of sulfone groups is 1. The number of hydrogen-bond acceptors (Lipinski definition) is 6. The Morgan fingerprint density at radius 2 is 1.62 bits per heavy atom. The van der Waals surface area contributed by atoms with Crippen LogP contribution in [0.25, 0.3) is 0 Å². The predicted molar refractivity (Wildman–Crippen MR) is 132 cm³/mol. The van der Waals surface area contributed by atoms with E-state index in [1.807, 2.05) is 0 Å². The summed E-state index contributed by atoms with van der Waals surface area (Å²) in [5, 5.41) is 2.54. The van der Waals surface area contributed by atoms with Crippen LogP contribution in [-0.2, 0) is 14.6 Å². The highest BCUT2D eigenvalue weighted by atomic mass is 35.6. The number of nitrogens with one attached hydrogen (secondary N) is 1. The zero-order valence-electron chi connectivity index (χ0n) is 17.4. The second-order valence-electron chi connectivity index (χ2n) is 6.91. The zero-order chi connectivity index (χ0) is 24.9. The topological polar surface area (TPSA) is 81.7 Å². The Kier molecular flexibility index (Phi) is 8.59. The largest absolute Gasteiger partial charge is 0.457 e. The molecule has 34 heavy (non-hydrogen) atoms. The molecular weight excluding hydrogens is 548 g/mol. The monoisotopic (exact) mass is 563 g/mol. The number of benzene rings is 3. The maximum atomic E-state index is 13.2. The first-order valence-corrected chi connectivity index (χ1v) is 13.3. The Morgan fingerprint density at radius 3 is 2.21 bits per heavy atom. The molecule has 180 valence electrons. The lowest BCUT2D eigenvalue weighted by molar-refractivity contribution is 0.164. The van der Waals surface area contributed by atoms with Crippen LogP contribution in [0.5, 0.6) is 11.5 Å². The Labute approximate surface area is 215 Å². The Hall–Kier alpha value is -2.17. The van der Waals surface area contributed by atoms with Gasteiger partial charge in [-0.05, 0) is 60.7 Å². The quantitative estimate of drug-likeness (QED) is 0.309. The number of rotatable bonds is 7. The number of anilines is 1. The maximum Gasteiger partial charge on any atom is 0.411 e. The number of ether oxygens (including phenoxy) is 2. The summed E-state index contributed by atoms with van der Waals surface area (Å²) in [7, 11) is -3.32. The third-order valence-corrected chi connectivity index (χ3v) is 6.47. The van der Waals surface area contributed by atoms with Crippen molar-refractivity contribution in [3.63, 3.8) is 0 Å². The summed E-state index contributed by atoms with van der Waals surface area (Å²) in [4.78, 5) is 13.7. The third-order valence-electron chi connectivity index (χ3n) is 4.03. The molecule has 0 aliphatic rings. The Balaban J connectivity index is 1.85. The normalized spacial score (nSPS) is 11.7. The van der Waals surface area contributed by atoms with E-state index < -0.39 is 32.1 Å². The number of amides is 1. The van der Waals surface area contributed by atoms with Crippen molar-refractivity contribution < 1.29 is 27.1 Å². The summed E-state index contributed by atoms with van der Waals surface area (Å²) in [6.07, 6.45) is 0.282. The van der Waals surface area contributed by atoms with Crippen LogP contribution in [0.1, 0.15) is 0 Å². The van der Waals surface area contributed by atoms with E-state index in [4.69, 9.17) is 44.3 Å². The first kappa shape index (κ1) is 26.4. The molecule has 0 aromatic heterocycles. The molecule has 3 aromatic rings. The molecule has 1 N–H and O–H groups in total. The highest BCUT2D eigenvalue weighted by Crippen LogP contribution is 2.35. The Morgan fingerprint density at radius 1 is 0.971 bits per heavy atom. The van der Waals surface area contributed by atoms with Crippen molar-refractivity contribution >= 4 is 68.2 Å². The average molecular weight is 565 g/mol. The van der Waals surface area contributed by atoms with E-state index in [0.717, 1.165) is 11.2 Å². The Bertz CT molecular complexity index is 1270. The van der Waals surface area contributed by atoms with Gasteiger partial charge in [0, 0.05) is 27.8 Å². The lowest BCUT2D eigenvalue weighted by Gasteiger charge is -2.14. The highest BCUT2D eigenvalue weighted by molar-refractivity contribution is 7.99. The van der Waals surface area contributed by atoms with E-state index in [0.29, 0.717) is 22.1 Å². The molecule has 0 aliphatic carbocycles. The first-order valence-electron chi connectivity index (χ1n) is 9.44. The molecule has 0 bridgehead atoms. The summed E-state index contributed by atoms with van der Waals surface area (Å²) in [5.41, 5.74) is 0.323. The summed E-state index contributed by atoms with van der Waals surface area (Å²) >= 11 is 18.1. The number of carbonyl (C=O) groups is 1. The first-order chi connectivity index (χ1) is 15.9. The fraction of sp³-hybridized carbons (Fsp3) is 0.136. The van der Waals surface area contributed by atoms with Crippen molar-refractivity contribution in [2.24, 2.45) is 0 Å². The van der Waals surface area contributed by atoms with Crippen molar-refractivity contribution in [3.8, 4) is 11.5 Å². The average Bonchev–Trinajstić information content (AvgIpc) is 2.73. The third kappa shape index (κ3) is 8.56. The molecule has 0 saturated heterocycles. The molecule has 0 radical (unpaired) electrons. The van der Waals surface area contributed by atoms with Gasteiger partial charge in [0.2, 0.25) is 3.79 Å². The molecule has 3 rings (SSSR count). The standard InChI is InChI=1S/C22H17Cl3FNO5S2/c1-34(29,30)20-8-6-18(7-9-20)33-19-11-15(27-21(28)31-13-22(23,24)25)10-17(12-19)32-16-4-2-14(26)3-5-16/h2-12H,13H2,1H3,(H,27,28). The molecule has 0 unspecified atom stereocenters. The van der Waals surface area contributed by atoms with E-state index in [1.165, 1.54) is 54.2 Å². The van der Waals surface area contributed by atoms with Crippen LogP contribution in [0.15, 0.2) is 81.4 Å². The SMILES string of the molecule is CS(=O)(=O)c1ccc(Sc2cc(NC(=O)OCC(Cl)(Cl)Cl)cc(Oc3ccc(F)cc3)c2)cc1. The second-order valence-corrected chi connectivity index (χ2v) is 12.6. The van der Waals surface area contributed by atoms with Gasteiger partial charge in [0.15, 0.2) is 9.84 Å². The van der Waals surface area contributed by atoms with Gasteiger partial charge in [-0.2, -0.15) is 0 Å². The lowest BCUT2D eigenvalue weighted by atomic mass is 10.3. The van der Waals surface area contributed by atoms with Gasteiger partial charge in [0.05, 0.1) is 4.90 Å². The summed E-state index contributed by atoms with van der Waals surface area (Å²) < 4.78 is 45.5. The van der Waals surface area contributed by atoms with Crippen LogP contribution in [-0.4, -0.2) is 31.2 Å². The van der Waals surface area contributed by atoms with Gasteiger partial charge in [0.25, 0.3) is 0 Å². The maximum absolute atomic E-state index is 13.2. The molecular formula is C22H17Cl3FNO5S2. The van der Waals surface area contributed by atoms with Gasteiger partial charge in [0.1, 0.15) is 23.9 Å². The van der Waals surface area contributed by atoms with E-state index in [1.54, 1.807) is 24.3 Å². The predicted octanol–water partition coefficient (Wildman–Crippen LogP) is 7.09. The fourth-order valence-electron chi connectivity index (χ4n) is 2.59. The van der Waals surface area contributed by atoms with Crippen LogP contribution in [0.3, 0.4) is 0 Å². The van der Waals surface area contributed by atoms with Crippen molar-refractivity contribution in [3.05, 3.63) is 72.5 Å². The summed E-state index contributed by atoms with van der Waals surface area (Å²) in [6, 6.07) is 16.7. The minimum absolute atomic E-state index is 0.198. The van der Waals surface area contributed by atoms with Crippen LogP contribution < -0.4 is 10.1 Å². The van der Waals surface area contributed by atoms with E-state index in [2.05, 4.69) is 5.32 Å². The number of hydrogen-bond donors (Lipinski definition) is 1. The van der Waals surface area contributed by atoms with Crippen molar-refractivity contribution in [2.75, 3.05) is 18.2 Å². The number of halogens is 4. The summed E-state index contributed by atoms with van der Waals surface area (Å²) in [6.45, 7) is -0.455. The van der Waals surface area contributed by atoms with Crippen LogP contribution >= 0.6 is 46.6 Å². The minimum atomic E-state index is -3.32. The van der Waals surface area contributed by atoms with E-state index >= 15 is 0 Å².